The quantitative estimate of drug-likeness (QED) is 0.560. The fourth-order valence-electron chi connectivity index (χ4n) is 3.96. The van der Waals surface area contributed by atoms with Crippen LogP contribution in [0.5, 0.6) is 0 Å². The maximum atomic E-state index is 13.0. The van der Waals surface area contributed by atoms with Crippen LogP contribution < -0.4 is 5.32 Å². The normalized spacial score (nSPS) is 19.5. The lowest BCUT2D eigenvalue weighted by atomic mass is 9.97. The van der Waals surface area contributed by atoms with E-state index < -0.39 is 33.5 Å². The molecule has 0 spiro atoms. The Hall–Kier alpha value is -2.92. The number of carbonyl (C=O) groups excluding carboxylic acids is 1. The van der Waals surface area contributed by atoms with Gasteiger partial charge < -0.3 is 9.73 Å². The van der Waals surface area contributed by atoms with Gasteiger partial charge in [-0.2, -0.15) is 0 Å². The van der Waals surface area contributed by atoms with E-state index in [-0.39, 0.29) is 30.0 Å². The summed E-state index contributed by atoms with van der Waals surface area (Å²) in [5, 5.41) is 2.16. The summed E-state index contributed by atoms with van der Waals surface area (Å²) in [6.07, 6.45) is -2.10. The molecule has 1 aromatic carbocycles. The third kappa shape index (κ3) is 5.36. The van der Waals surface area contributed by atoms with Crippen LogP contribution in [0, 0.1) is 0 Å². The number of rotatable bonds is 6. The molecule has 1 saturated carbocycles. The molecule has 33 heavy (non-hydrogen) atoms. The average molecular weight is 482 g/mol. The Balaban J connectivity index is 1.43. The number of nitrogens with one attached hydrogen (secondary N) is 1. The van der Waals surface area contributed by atoms with E-state index in [2.05, 4.69) is 15.0 Å². The first-order chi connectivity index (χ1) is 15.6. The third-order valence-corrected chi connectivity index (χ3v) is 7.84. The number of carbonyl (C=O) groups is 1. The molecule has 2 unspecified atom stereocenters. The van der Waals surface area contributed by atoms with E-state index in [9.17, 15) is 26.4 Å². The van der Waals surface area contributed by atoms with E-state index in [0.717, 1.165) is 5.39 Å². The van der Waals surface area contributed by atoms with E-state index in [1.54, 1.807) is 18.3 Å². The molecule has 1 amide bonds. The van der Waals surface area contributed by atoms with E-state index in [4.69, 9.17) is 4.42 Å². The van der Waals surface area contributed by atoms with Gasteiger partial charge in [0.1, 0.15) is 0 Å². The van der Waals surface area contributed by atoms with Crippen LogP contribution in [0.1, 0.15) is 41.8 Å². The van der Waals surface area contributed by atoms with Gasteiger partial charge in [-0.3, -0.25) is 14.5 Å². The Labute approximate surface area is 187 Å². The molecule has 11 heteroatoms. The summed E-state index contributed by atoms with van der Waals surface area (Å²) in [7, 11) is -4.02. The second-order valence-electron chi connectivity index (χ2n) is 7.82. The number of halogens is 3. The fraction of sp³-hybridized carbons (Fsp3) is 0.364. The molecule has 1 aliphatic carbocycles. The number of hydrogen-bond acceptors (Lipinski definition) is 6. The van der Waals surface area contributed by atoms with Crippen molar-refractivity contribution >= 4 is 26.7 Å². The van der Waals surface area contributed by atoms with Crippen LogP contribution in [-0.2, 0) is 21.1 Å². The second-order valence-corrected chi connectivity index (χ2v) is 9.99. The highest BCUT2D eigenvalue weighted by molar-refractivity contribution is 7.92. The summed E-state index contributed by atoms with van der Waals surface area (Å²) in [6.45, 7) is 0.109. The average Bonchev–Trinajstić information content (AvgIpc) is 3.21. The largest absolute Gasteiger partial charge is 0.522 e. The summed E-state index contributed by atoms with van der Waals surface area (Å²) < 4.78 is 73.7. The van der Waals surface area contributed by atoms with Crippen molar-refractivity contribution in [2.75, 3.05) is 0 Å². The fourth-order valence-corrected chi connectivity index (χ4v) is 5.90. The minimum atomic E-state index is -4.89. The van der Waals surface area contributed by atoms with Crippen LogP contribution in [0.3, 0.4) is 0 Å². The van der Waals surface area contributed by atoms with Gasteiger partial charge in [-0.15, -0.1) is 13.2 Å². The highest BCUT2D eigenvalue weighted by atomic mass is 32.2. The zero-order chi connectivity index (χ0) is 23.6. The number of nitrogens with zero attached hydrogens (tertiary/aromatic N) is 1. The molecule has 7 nitrogen and oxygen atoms in total. The maximum Gasteiger partial charge on any atom is 0.522 e. The summed E-state index contributed by atoms with van der Waals surface area (Å²) in [6, 6.07) is 9.00. The van der Waals surface area contributed by atoms with Crippen molar-refractivity contribution in [1.82, 2.24) is 10.3 Å². The van der Waals surface area contributed by atoms with Crippen molar-refractivity contribution in [2.45, 2.75) is 54.8 Å². The molecule has 2 atom stereocenters. The van der Waals surface area contributed by atoms with Gasteiger partial charge >= 0.3 is 6.36 Å². The van der Waals surface area contributed by atoms with Crippen molar-refractivity contribution < 1.29 is 35.5 Å². The van der Waals surface area contributed by atoms with Crippen molar-refractivity contribution in [3.05, 3.63) is 60.1 Å². The molecule has 176 valence electrons. The lowest BCUT2D eigenvalue weighted by Gasteiger charge is -2.31. The smallest absolute Gasteiger partial charge is 0.449 e. The number of hydrogen-bond donors (Lipinski definition) is 1. The maximum absolute atomic E-state index is 13.0. The summed E-state index contributed by atoms with van der Waals surface area (Å²) in [5.41, 5.74) is 1.10. The lowest BCUT2D eigenvalue weighted by Crippen LogP contribution is -2.41. The van der Waals surface area contributed by atoms with Gasteiger partial charge in [-0.25, -0.2) is 8.42 Å². The zero-order valence-corrected chi connectivity index (χ0v) is 18.2. The summed E-state index contributed by atoms with van der Waals surface area (Å²) >= 11 is 0. The minimum absolute atomic E-state index is 0.0331. The number of sulfone groups is 1. The first-order valence-corrected chi connectivity index (χ1v) is 11.9. The molecule has 2 aromatic heterocycles. The van der Waals surface area contributed by atoms with Gasteiger partial charge in [-0.1, -0.05) is 25.0 Å². The number of fused-ring (bicyclic) bond motifs is 1. The van der Waals surface area contributed by atoms with Crippen LogP contribution in [0.15, 0.2) is 58.1 Å². The van der Waals surface area contributed by atoms with Gasteiger partial charge in [0.05, 0.1) is 22.4 Å². The van der Waals surface area contributed by atoms with Crippen LogP contribution in [0.2, 0.25) is 0 Å². The standard InChI is InChI=1S/C22H21F3N2O5S/c23-22(24,25)32-17-3-1-2-4-20(17)33(29,30)16-7-5-14(6-8-16)12-27-21(28)18-11-15-9-10-26-13-19(15)31-18/h5-11,13,17,20H,1-4,12H2,(H,27,28). The molecular weight excluding hydrogens is 461 g/mol. The summed E-state index contributed by atoms with van der Waals surface area (Å²) in [5.74, 6) is -0.331. The Kier molecular flexibility index (Phi) is 6.44. The Morgan fingerprint density at radius 2 is 1.88 bits per heavy atom. The summed E-state index contributed by atoms with van der Waals surface area (Å²) in [4.78, 5) is 16.2. The second kappa shape index (κ2) is 9.14. The van der Waals surface area contributed by atoms with Crippen LogP contribution in [0.25, 0.3) is 11.0 Å². The molecule has 0 saturated heterocycles. The topological polar surface area (TPSA) is 98.5 Å². The van der Waals surface area contributed by atoms with Gasteiger partial charge in [0.15, 0.2) is 21.2 Å². The van der Waals surface area contributed by atoms with Gasteiger partial charge in [0.2, 0.25) is 0 Å². The molecule has 0 bridgehead atoms. The lowest BCUT2D eigenvalue weighted by molar-refractivity contribution is -0.344. The molecule has 4 rings (SSSR count). The SMILES string of the molecule is O=C(NCc1ccc(S(=O)(=O)C2CCCCC2OC(F)(F)F)cc1)c1cc2ccncc2o1. The number of alkyl halides is 3. The Morgan fingerprint density at radius 1 is 1.15 bits per heavy atom. The van der Waals surface area contributed by atoms with Crippen molar-refractivity contribution in [3.63, 3.8) is 0 Å². The van der Waals surface area contributed by atoms with Crippen LogP contribution in [-0.4, -0.2) is 37.0 Å². The van der Waals surface area contributed by atoms with E-state index in [1.807, 2.05) is 0 Å². The number of furan rings is 1. The van der Waals surface area contributed by atoms with Gasteiger partial charge in [-0.05, 0) is 42.7 Å². The monoisotopic (exact) mass is 482 g/mol. The van der Waals surface area contributed by atoms with E-state index in [0.29, 0.717) is 24.0 Å². The number of amides is 1. The molecule has 0 aliphatic heterocycles. The molecular formula is C22H21F3N2O5S. The van der Waals surface area contributed by atoms with Gasteiger partial charge in [0, 0.05) is 18.1 Å². The first kappa shape index (κ1) is 23.2. The number of benzene rings is 1. The molecule has 1 N–H and O–H groups in total. The Morgan fingerprint density at radius 3 is 2.58 bits per heavy atom. The third-order valence-electron chi connectivity index (χ3n) is 5.58. The van der Waals surface area contributed by atoms with Crippen molar-refractivity contribution in [2.24, 2.45) is 0 Å². The number of ether oxygens (including phenoxy) is 1. The van der Waals surface area contributed by atoms with Crippen molar-refractivity contribution in [3.8, 4) is 0 Å². The molecule has 1 aliphatic rings. The Bertz CT molecular complexity index is 1210. The van der Waals surface area contributed by atoms with E-state index in [1.165, 1.54) is 30.5 Å². The highest BCUT2D eigenvalue weighted by Crippen LogP contribution is 2.34. The van der Waals surface area contributed by atoms with E-state index >= 15 is 0 Å². The van der Waals surface area contributed by atoms with Gasteiger partial charge in [0.25, 0.3) is 5.91 Å². The first-order valence-electron chi connectivity index (χ1n) is 10.3. The minimum Gasteiger partial charge on any atom is -0.449 e. The zero-order valence-electron chi connectivity index (χ0n) is 17.3. The molecule has 0 radical (unpaired) electrons. The molecule has 2 heterocycles. The van der Waals surface area contributed by atoms with Crippen LogP contribution >= 0.6 is 0 Å². The predicted octanol–water partition coefficient (Wildman–Crippen LogP) is 4.38. The number of aromatic nitrogens is 1. The number of pyridine rings is 1. The molecule has 3 aromatic rings. The van der Waals surface area contributed by atoms with Crippen molar-refractivity contribution in [1.29, 1.82) is 0 Å². The predicted molar refractivity (Wildman–Crippen MR) is 112 cm³/mol. The highest BCUT2D eigenvalue weighted by Gasteiger charge is 2.43. The molecule has 1 fully saturated rings. The van der Waals surface area contributed by atoms with Crippen LogP contribution in [0.4, 0.5) is 13.2 Å².